The van der Waals surface area contributed by atoms with Gasteiger partial charge in [0.1, 0.15) is 17.3 Å². The number of amides is 1. The summed E-state index contributed by atoms with van der Waals surface area (Å²) in [5.41, 5.74) is -0.250. The van der Waals surface area contributed by atoms with Crippen LogP contribution in [0.3, 0.4) is 0 Å². The van der Waals surface area contributed by atoms with Gasteiger partial charge in [-0.05, 0) is 30.7 Å². The van der Waals surface area contributed by atoms with Crippen LogP contribution in [-0.2, 0) is 4.79 Å². The molecule has 2 fully saturated rings. The molecule has 1 unspecified atom stereocenters. The van der Waals surface area contributed by atoms with E-state index in [-0.39, 0.29) is 17.6 Å². The Kier molecular flexibility index (Phi) is 4.92. The molecule has 3 heterocycles. The molecule has 2 aliphatic rings. The third-order valence-electron chi connectivity index (χ3n) is 5.08. The molecule has 27 heavy (non-hydrogen) atoms. The van der Waals surface area contributed by atoms with Gasteiger partial charge in [0.15, 0.2) is 11.0 Å². The van der Waals surface area contributed by atoms with Gasteiger partial charge in [0.05, 0.1) is 6.04 Å². The van der Waals surface area contributed by atoms with Crippen molar-refractivity contribution >= 4 is 29.0 Å². The minimum absolute atomic E-state index is 0.250. The van der Waals surface area contributed by atoms with Crippen molar-refractivity contribution in [2.75, 3.05) is 42.5 Å². The van der Waals surface area contributed by atoms with Gasteiger partial charge in [0.25, 0.3) is 0 Å². The summed E-state index contributed by atoms with van der Waals surface area (Å²) in [5, 5.41) is 8.27. The second kappa shape index (κ2) is 7.36. The Bertz CT molecular complexity index is 822. The molecular formula is C18H18ClF2N5O. The molecule has 0 radical (unpaired) electrons. The van der Waals surface area contributed by atoms with Crippen molar-refractivity contribution in [3.05, 3.63) is 47.1 Å². The first-order valence-corrected chi connectivity index (χ1v) is 9.16. The van der Waals surface area contributed by atoms with Crippen LogP contribution in [0.5, 0.6) is 0 Å². The van der Waals surface area contributed by atoms with Crippen LogP contribution in [-0.4, -0.2) is 59.8 Å². The van der Waals surface area contributed by atoms with E-state index in [0.29, 0.717) is 44.3 Å². The zero-order valence-electron chi connectivity index (χ0n) is 14.5. The molecule has 0 N–H and O–H groups in total. The number of anilines is 2. The Labute approximate surface area is 160 Å². The average molecular weight is 394 g/mol. The van der Waals surface area contributed by atoms with E-state index in [4.69, 9.17) is 11.6 Å². The van der Waals surface area contributed by atoms with Crippen molar-refractivity contribution in [2.45, 2.75) is 12.5 Å². The molecule has 9 heteroatoms. The molecule has 0 spiro atoms. The molecule has 2 aromatic rings. The van der Waals surface area contributed by atoms with Crippen molar-refractivity contribution in [3.8, 4) is 0 Å². The predicted octanol–water partition coefficient (Wildman–Crippen LogP) is 2.34. The van der Waals surface area contributed by atoms with Gasteiger partial charge in [-0.2, -0.15) is 0 Å². The second-order valence-corrected chi connectivity index (χ2v) is 6.99. The number of carbonyl (C=O) groups excluding carboxylic acids is 1. The first-order valence-electron chi connectivity index (χ1n) is 8.78. The molecule has 1 aromatic carbocycles. The van der Waals surface area contributed by atoms with E-state index in [1.54, 1.807) is 6.07 Å². The number of nitrogens with zero attached hydrogens (tertiary/aromatic N) is 5. The number of rotatable bonds is 3. The topological polar surface area (TPSA) is 52.6 Å². The Balaban J connectivity index is 1.42. The van der Waals surface area contributed by atoms with E-state index >= 15 is 0 Å². The van der Waals surface area contributed by atoms with E-state index in [9.17, 15) is 13.6 Å². The molecule has 1 aromatic heterocycles. The smallest absolute Gasteiger partial charge is 0.244 e. The molecule has 1 amide bonds. The van der Waals surface area contributed by atoms with Crippen LogP contribution < -0.4 is 9.80 Å². The molecule has 2 aliphatic heterocycles. The first kappa shape index (κ1) is 18.1. The van der Waals surface area contributed by atoms with Crippen molar-refractivity contribution in [3.63, 3.8) is 0 Å². The molecule has 1 atom stereocenters. The van der Waals surface area contributed by atoms with E-state index < -0.39 is 11.6 Å². The lowest BCUT2D eigenvalue weighted by Crippen LogP contribution is -2.53. The van der Waals surface area contributed by atoms with E-state index in [2.05, 4.69) is 20.0 Å². The van der Waals surface area contributed by atoms with Crippen molar-refractivity contribution in [1.29, 1.82) is 0 Å². The molecule has 6 nitrogen and oxygen atoms in total. The van der Waals surface area contributed by atoms with Gasteiger partial charge in [-0.25, -0.2) is 8.78 Å². The highest BCUT2D eigenvalue weighted by Crippen LogP contribution is 2.30. The summed E-state index contributed by atoms with van der Waals surface area (Å²) >= 11 is 5.77. The molecule has 0 saturated carbocycles. The fraction of sp³-hybridized carbons (Fsp3) is 0.389. The van der Waals surface area contributed by atoms with Crippen LogP contribution in [0.1, 0.15) is 6.42 Å². The Morgan fingerprint density at radius 1 is 0.963 bits per heavy atom. The molecule has 4 rings (SSSR count). The van der Waals surface area contributed by atoms with Gasteiger partial charge in [0, 0.05) is 32.7 Å². The average Bonchev–Trinajstić information content (AvgIpc) is 3.04. The van der Waals surface area contributed by atoms with Gasteiger partial charge in [0.2, 0.25) is 5.91 Å². The molecular weight excluding hydrogens is 376 g/mol. The van der Waals surface area contributed by atoms with Crippen molar-refractivity contribution in [1.82, 2.24) is 15.1 Å². The zero-order valence-corrected chi connectivity index (χ0v) is 15.2. The lowest BCUT2D eigenvalue weighted by molar-refractivity contribution is -0.121. The highest BCUT2D eigenvalue weighted by Gasteiger charge is 2.39. The van der Waals surface area contributed by atoms with Crippen LogP contribution in [0.25, 0.3) is 0 Å². The number of aromatic nitrogens is 2. The van der Waals surface area contributed by atoms with Crippen molar-refractivity contribution in [2.24, 2.45) is 0 Å². The van der Waals surface area contributed by atoms with Gasteiger partial charge < -0.3 is 9.80 Å². The Morgan fingerprint density at radius 3 is 2.30 bits per heavy atom. The number of benzene rings is 1. The second-order valence-electron chi connectivity index (χ2n) is 6.60. The molecule has 142 valence electrons. The lowest BCUT2D eigenvalue weighted by atomic mass is 10.2. The maximum Gasteiger partial charge on any atom is 0.244 e. The largest absolute Gasteiger partial charge is 0.353 e. The number of piperazine rings is 1. The van der Waals surface area contributed by atoms with Gasteiger partial charge in [-0.3, -0.25) is 9.69 Å². The Hall–Kier alpha value is -2.32. The van der Waals surface area contributed by atoms with Gasteiger partial charge in [-0.15, -0.1) is 10.2 Å². The number of halogens is 3. The zero-order chi connectivity index (χ0) is 19.0. The maximum absolute atomic E-state index is 14.0. The summed E-state index contributed by atoms with van der Waals surface area (Å²) in [5.74, 6) is -0.934. The third-order valence-corrected chi connectivity index (χ3v) is 5.28. The fourth-order valence-electron chi connectivity index (χ4n) is 3.71. The summed E-state index contributed by atoms with van der Waals surface area (Å²) < 4.78 is 28.1. The summed E-state index contributed by atoms with van der Waals surface area (Å²) in [7, 11) is 0. The van der Waals surface area contributed by atoms with Gasteiger partial charge in [-0.1, -0.05) is 17.7 Å². The minimum Gasteiger partial charge on any atom is -0.353 e. The summed E-state index contributed by atoms with van der Waals surface area (Å²) in [6.45, 7) is 3.01. The predicted molar refractivity (Wildman–Crippen MR) is 97.9 cm³/mol. The van der Waals surface area contributed by atoms with Crippen LogP contribution in [0.2, 0.25) is 5.15 Å². The summed E-state index contributed by atoms with van der Waals surface area (Å²) in [6.07, 6.45) is 0.549. The van der Waals surface area contributed by atoms with E-state index in [1.165, 1.54) is 23.1 Å². The number of hydrogen-bond donors (Lipinski definition) is 0. The Morgan fingerprint density at radius 2 is 1.67 bits per heavy atom. The quantitative estimate of drug-likeness (QED) is 0.801. The highest BCUT2D eigenvalue weighted by atomic mass is 35.5. The number of para-hydroxylation sites is 1. The molecule has 2 saturated heterocycles. The first-order chi connectivity index (χ1) is 13.0. The van der Waals surface area contributed by atoms with Crippen LogP contribution in [0.4, 0.5) is 20.3 Å². The normalized spacial score (nSPS) is 21.1. The van der Waals surface area contributed by atoms with E-state index in [1.807, 2.05) is 6.07 Å². The summed E-state index contributed by atoms with van der Waals surface area (Å²) in [6, 6.07) is 6.79. The van der Waals surface area contributed by atoms with E-state index in [0.717, 1.165) is 5.82 Å². The van der Waals surface area contributed by atoms with Gasteiger partial charge >= 0.3 is 0 Å². The maximum atomic E-state index is 14.0. The van der Waals surface area contributed by atoms with Crippen molar-refractivity contribution < 1.29 is 13.6 Å². The van der Waals surface area contributed by atoms with Crippen LogP contribution in [0, 0.1) is 11.6 Å². The number of carbonyl (C=O) groups is 1. The summed E-state index contributed by atoms with van der Waals surface area (Å²) in [4.78, 5) is 18.2. The SMILES string of the molecule is O=C1C(N2CCN(c3ccc(Cl)nn3)CC2)CCN1c1c(F)cccc1F. The minimum atomic E-state index is -0.713. The molecule has 0 bridgehead atoms. The fourth-order valence-corrected chi connectivity index (χ4v) is 3.81. The molecule has 0 aliphatic carbocycles. The highest BCUT2D eigenvalue weighted by molar-refractivity contribution is 6.29. The lowest BCUT2D eigenvalue weighted by Gasteiger charge is -2.37. The van der Waals surface area contributed by atoms with Crippen LogP contribution >= 0.6 is 11.6 Å². The monoisotopic (exact) mass is 393 g/mol. The standard InChI is InChI=1S/C18H18ClF2N5O/c19-15-4-5-16(23-22-15)25-10-8-24(9-11-25)14-6-7-26(18(14)27)17-12(20)2-1-3-13(17)21/h1-5,14H,6-11H2. The number of hydrogen-bond acceptors (Lipinski definition) is 5. The van der Waals surface area contributed by atoms with Crippen LogP contribution in [0.15, 0.2) is 30.3 Å². The third kappa shape index (κ3) is 3.46.